The zero-order valence-electron chi connectivity index (χ0n) is 14.6. The molecule has 4 heterocycles. The van der Waals surface area contributed by atoms with E-state index < -0.39 is 10.0 Å². The zero-order chi connectivity index (χ0) is 18.3. The summed E-state index contributed by atoms with van der Waals surface area (Å²) in [6.07, 6.45) is 8.13. The number of imidazole rings is 2. The minimum absolute atomic E-state index is 0.0773. The standard InChI is InChI=1S/C17H20N6O2S/c1-13-18-8-10-22(13)16-7-3-5-14(20-16)15-6-4-9-23(15)26(24,25)17-11-21(2)12-19-17/h3,5,7-8,10-12,15H,4,6,9H2,1-2H3/t15-/m0/s1. The summed E-state index contributed by atoms with van der Waals surface area (Å²) in [6.45, 7) is 2.38. The van der Waals surface area contributed by atoms with Crippen molar-refractivity contribution >= 4 is 10.0 Å². The molecule has 0 bridgehead atoms. The Bertz CT molecular complexity index is 1040. The van der Waals surface area contributed by atoms with Crippen molar-refractivity contribution in [3.8, 4) is 5.82 Å². The quantitative estimate of drug-likeness (QED) is 0.697. The van der Waals surface area contributed by atoms with E-state index in [-0.39, 0.29) is 11.1 Å². The molecule has 26 heavy (non-hydrogen) atoms. The van der Waals surface area contributed by atoms with Gasteiger partial charge in [-0.05, 0) is 31.9 Å². The first-order valence-electron chi connectivity index (χ1n) is 8.44. The number of hydrogen-bond acceptors (Lipinski definition) is 5. The van der Waals surface area contributed by atoms with Crippen LogP contribution in [0.3, 0.4) is 0 Å². The minimum Gasteiger partial charge on any atom is -0.339 e. The van der Waals surface area contributed by atoms with Gasteiger partial charge in [-0.1, -0.05) is 6.07 Å². The predicted octanol–water partition coefficient (Wildman–Crippen LogP) is 1.84. The molecule has 0 amide bonds. The van der Waals surface area contributed by atoms with Crippen molar-refractivity contribution in [2.75, 3.05) is 6.54 Å². The highest BCUT2D eigenvalue weighted by molar-refractivity contribution is 7.89. The van der Waals surface area contributed by atoms with Gasteiger partial charge in [0, 0.05) is 32.2 Å². The molecule has 1 saturated heterocycles. The lowest BCUT2D eigenvalue weighted by molar-refractivity contribution is 0.388. The van der Waals surface area contributed by atoms with Crippen LogP contribution in [0.15, 0.2) is 48.1 Å². The van der Waals surface area contributed by atoms with Crippen LogP contribution in [-0.4, -0.2) is 43.4 Å². The summed E-state index contributed by atoms with van der Waals surface area (Å²) < 4.78 is 31.1. The molecular weight excluding hydrogens is 352 g/mol. The van der Waals surface area contributed by atoms with Gasteiger partial charge >= 0.3 is 0 Å². The summed E-state index contributed by atoms with van der Waals surface area (Å²) in [5.74, 6) is 1.57. The Morgan fingerprint density at radius 3 is 2.77 bits per heavy atom. The van der Waals surface area contributed by atoms with Crippen LogP contribution in [0.4, 0.5) is 0 Å². The molecule has 0 spiro atoms. The molecule has 9 heteroatoms. The highest BCUT2D eigenvalue weighted by Crippen LogP contribution is 2.35. The fourth-order valence-electron chi connectivity index (χ4n) is 3.34. The van der Waals surface area contributed by atoms with Crippen molar-refractivity contribution in [2.45, 2.75) is 30.8 Å². The van der Waals surface area contributed by atoms with Gasteiger partial charge in [-0.2, -0.15) is 4.31 Å². The molecule has 8 nitrogen and oxygen atoms in total. The third-order valence-corrected chi connectivity index (χ3v) is 6.42. The fraction of sp³-hybridized carbons (Fsp3) is 0.353. The number of rotatable bonds is 4. The van der Waals surface area contributed by atoms with Crippen LogP contribution in [0.5, 0.6) is 0 Å². The van der Waals surface area contributed by atoms with Crippen LogP contribution in [0.25, 0.3) is 5.82 Å². The highest BCUT2D eigenvalue weighted by Gasteiger charge is 2.38. The van der Waals surface area contributed by atoms with Crippen molar-refractivity contribution in [3.63, 3.8) is 0 Å². The van der Waals surface area contributed by atoms with Crippen molar-refractivity contribution in [1.29, 1.82) is 0 Å². The van der Waals surface area contributed by atoms with Gasteiger partial charge < -0.3 is 4.57 Å². The minimum atomic E-state index is -3.65. The smallest absolute Gasteiger partial charge is 0.262 e. The second kappa shape index (κ2) is 6.33. The summed E-state index contributed by atoms with van der Waals surface area (Å²) in [4.78, 5) is 13.0. The molecule has 0 unspecified atom stereocenters. The molecule has 1 atom stereocenters. The lowest BCUT2D eigenvalue weighted by Gasteiger charge is -2.23. The van der Waals surface area contributed by atoms with Crippen LogP contribution in [-0.2, 0) is 17.1 Å². The van der Waals surface area contributed by atoms with Gasteiger partial charge in [-0.15, -0.1) is 0 Å². The van der Waals surface area contributed by atoms with Crippen molar-refractivity contribution < 1.29 is 8.42 Å². The van der Waals surface area contributed by atoms with Gasteiger partial charge in [0.15, 0.2) is 5.03 Å². The van der Waals surface area contributed by atoms with Crippen LogP contribution >= 0.6 is 0 Å². The molecular formula is C17H20N6O2S. The molecule has 0 radical (unpaired) electrons. The van der Waals surface area contributed by atoms with E-state index in [2.05, 4.69) is 9.97 Å². The normalized spacial score (nSPS) is 18.5. The Morgan fingerprint density at radius 1 is 1.23 bits per heavy atom. The Morgan fingerprint density at radius 2 is 2.08 bits per heavy atom. The van der Waals surface area contributed by atoms with Crippen LogP contribution < -0.4 is 0 Å². The van der Waals surface area contributed by atoms with E-state index in [0.29, 0.717) is 6.54 Å². The van der Waals surface area contributed by atoms with E-state index in [1.54, 1.807) is 17.8 Å². The maximum absolute atomic E-state index is 13.0. The molecule has 1 aliphatic rings. The van der Waals surface area contributed by atoms with E-state index >= 15 is 0 Å². The van der Waals surface area contributed by atoms with Crippen molar-refractivity contribution in [1.82, 2.24) is 28.4 Å². The Kier molecular flexibility index (Phi) is 4.12. The molecule has 3 aromatic heterocycles. The van der Waals surface area contributed by atoms with Gasteiger partial charge in [0.1, 0.15) is 11.6 Å². The number of sulfonamides is 1. The SMILES string of the molecule is Cc1nccn1-c1cccc([C@@H]2CCCN2S(=O)(=O)c2cn(C)cn2)n1. The monoisotopic (exact) mass is 372 g/mol. The first-order valence-corrected chi connectivity index (χ1v) is 9.88. The van der Waals surface area contributed by atoms with Gasteiger partial charge in [-0.3, -0.25) is 4.57 Å². The second-order valence-corrected chi connectivity index (χ2v) is 8.25. The molecule has 0 aromatic carbocycles. The average molecular weight is 372 g/mol. The lowest BCUT2D eigenvalue weighted by atomic mass is 10.1. The van der Waals surface area contributed by atoms with E-state index in [4.69, 9.17) is 4.98 Å². The number of hydrogen-bond donors (Lipinski definition) is 0. The van der Waals surface area contributed by atoms with E-state index in [0.717, 1.165) is 30.2 Å². The number of nitrogens with zero attached hydrogens (tertiary/aromatic N) is 6. The third-order valence-electron chi connectivity index (χ3n) is 4.63. The lowest BCUT2D eigenvalue weighted by Crippen LogP contribution is -2.31. The number of aryl methyl sites for hydroxylation is 2. The summed E-state index contributed by atoms with van der Waals surface area (Å²) >= 11 is 0. The molecule has 0 aliphatic carbocycles. The molecule has 0 N–H and O–H groups in total. The van der Waals surface area contributed by atoms with E-state index in [1.807, 2.05) is 35.9 Å². The fourth-order valence-corrected chi connectivity index (χ4v) is 4.98. The maximum Gasteiger partial charge on any atom is 0.262 e. The van der Waals surface area contributed by atoms with E-state index in [1.165, 1.54) is 16.8 Å². The Labute approximate surface area is 152 Å². The third kappa shape index (κ3) is 2.82. The summed E-state index contributed by atoms with van der Waals surface area (Å²) in [6, 6.07) is 5.39. The van der Waals surface area contributed by atoms with Gasteiger partial charge in [0.25, 0.3) is 10.0 Å². The molecule has 0 saturated carbocycles. The van der Waals surface area contributed by atoms with E-state index in [9.17, 15) is 8.42 Å². The average Bonchev–Trinajstić information content (AvgIpc) is 3.35. The van der Waals surface area contributed by atoms with Crippen molar-refractivity contribution in [2.24, 2.45) is 7.05 Å². The van der Waals surface area contributed by atoms with Crippen LogP contribution in [0.2, 0.25) is 0 Å². The van der Waals surface area contributed by atoms with Gasteiger partial charge in [0.2, 0.25) is 0 Å². The zero-order valence-corrected chi connectivity index (χ0v) is 15.5. The second-order valence-electron chi connectivity index (χ2n) is 6.42. The summed E-state index contributed by atoms with van der Waals surface area (Å²) in [5.41, 5.74) is 0.743. The molecule has 136 valence electrons. The largest absolute Gasteiger partial charge is 0.339 e. The number of aromatic nitrogens is 5. The molecule has 1 fully saturated rings. The summed E-state index contributed by atoms with van der Waals surface area (Å²) in [7, 11) is -1.89. The van der Waals surface area contributed by atoms with Crippen molar-refractivity contribution in [3.05, 3.63) is 54.6 Å². The first kappa shape index (κ1) is 16.9. The van der Waals surface area contributed by atoms with Gasteiger partial charge in [-0.25, -0.2) is 23.4 Å². The van der Waals surface area contributed by atoms with Crippen LogP contribution in [0.1, 0.15) is 30.4 Å². The maximum atomic E-state index is 13.0. The summed E-state index contributed by atoms with van der Waals surface area (Å²) in [5, 5.41) is 0.0773. The number of pyridine rings is 1. The Balaban J connectivity index is 1.70. The van der Waals surface area contributed by atoms with Crippen LogP contribution in [0, 0.1) is 6.92 Å². The first-order chi connectivity index (χ1) is 12.5. The molecule has 1 aliphatic heterocycles. The highest BCUT2D eigenvalue weighted by atomic mass is 32.2. The molecule has 4 rings (SSSR count). The molecule has 3 aromatic rings. The predicted molar refractivity (Wildman–Crippen MR) is 95.2 cm³/mol. The Hall–Kier alpha value is -2.52. The topological polar surface area (TPSA) is 85.9 Å². The van der Waals surface area contributed by atoms with Gasteiger partial charge in [0.05, 0.1) is 18.1 Å².